The summed E-state index contributed by atoms with van der Waals surface area (Å²) in [6.45, 7) is 3.69. The third-order valence-corrected chi connectivity index (χ3v) is 7.03. The van der Waals surface area contributed by atoms with Crippen LogP contribution in [0.1, 0.15) is 42.1 Å². The van der Waals surface area contributed by atoms with E-state index in [9.17, 15) is 9.59 Å². The predicted octanol–water partition coefficient (Wildman–Crippen LogP) is 5.24. The summed E-state index contributed by atoms with van der Waals surface area (Å²) < 4.78 is 5.80. The van der Waals surface area contributed by atoms with Crippen LogP contribution in [0.4, 0.5) is 4.79 Å². The van der Waals surface area contributed by atoms with Crippen LogP contribution in [0.25, 0.3) is 10.9 Å². The first-order valence-corrected chi connectivity index (χ1v) is 12.4. The van der Waals surface area contributed by atoms with E-state index in [-0.39, 0.29) is 18.1 Å². The van der Waals surface area contributed by atoms with Crippen molar-refractivity contribution < 1.29 is 14.3 Å². The number of rotatable bonds is 7. The number of carbonyl (C=O) groups excluding carboxylic acids is 2. The summed E-state index contributed by atoms with van der Waals surface area (Å²) in [6.07, 6.45) is 2.74. The Bertz CT molecular complexity index is 1360. The Kier molecular flexibility index (Phi) is 6.51. The van der Waals surface area contributed by atoms with Crippen molar-refractivity contribution in [3.63, 3.8) is 0 Å². The minimum atomic E-state index is -1.23. The molecule has 0 saturated heterocycles. The molecule has 1 heterocycles. The lowest BCUT2D eigenvalue weighted by Gasteiger charge is -2.31. The van der Waals surface area contributed by atoms with Gasteiger partial charge in [-0.15, -0.1) is 0 Å². The highest BCUT2D eigenvalue weighted by molar-refractivity contribution is 5.91. The topological polar surface area (TPSA) is 83.2 Å². The molecule has 6 nitrogen and oxygen atoms in total. The van der Waals surface area contributed by atoms with Gasteiger partial charge in [-0.1, -0.05) is 72.8 Å². The molecule has 0 bridgehead atoms. The smallest absolute Gasteiger partial charge is 0.408 e. The fraction of sp³-hybridized carbons (Fsp3) is 0.267. The molecular formula is C30H31N3O3. The lowest BCUT2D eigenvalue weighted by atomic mass is 9.91. The molecule has 3 N–H and O–H groups in total. The molecule has 3 aromatic carbocycles. The molecule has 0 aliphatic heterocycles. The van der Waals surface area contributed by atoms with Gasteiger partial charge < -0.3 is 20.4 Å². The number of alkyl carbamates (subject to hydrolysis) is 1. The Morgan fingerprint density at radius 1 is 0.972 bits per heavy atom. The van der Waals surface area contributed by atoms with Crippen LogP contribution in [0.3, 0.4) is 0 Å². The molecule has 4 aromatic rings. The van der Waals surface area contributed by atoms with Gasteiger partial charge in [-0.2, -0.15) is 0 Å². The Morgan fingerprint density at radius 3 is 2.33 bits per heavy atom. The SMILES string of the molecule is C[C@H](NC(=O)[C@@](C)(Cc1c[nH]c2ccccc12)NC(=O)OC1Cc2ccccc2C1)c1ccccc1. The van der Waals surface area contributed by atoms with Gasteiger partial charge in [-0.3, -0.25) is 4.79 Å². The molecule has 0 saturated carbocycles. The Labute approximate surface area is 211 Å². The maximum absolute atomic E-state index is 13.7. The first kappa shape index (κ1) is 23.7. The number of aromatic amines is 1. The second kappa shape index (κ2) is 9.90. The lowest BCUT2D eigenvalue weighted by Crippen LogP contribution is -2.59. The number of amides is 2. The first-order chi connectivity index (χ1) is 17.4. The van der Waals surface area contributed by atoms with Crippen LogP contribution in [-0.4, -0.2) is 28.6 Å². The van der Waals surface area contributed by atoms with Crippen molar-refractivity contribution in [2.45, 2.75) is 50.8 Å². The largest absolute Gasteiger partial charge is 0.446 e. The van der Waals surface area contributed by atoms with Crippen molar-refractivity contribution in [1.29, 1.82) is 0 Å². The van der Waals surface area contributed by atoms with Crippen LogP contribution in [-0.2, 0) is 28.8 Å². The van der Waals surface area contributed by atoms with Crippen molar-refractivity contribution in [3.8, 4) is 0 Å². The molecule has 2 amide bonds. The van der Waals surface area contributed by atoms with Gasteiger partial charge in [0.05, 0.1) is 6.04 Å². The molecule has 0 radical (unpaired) electrons. The first-order valence-electron chi connectivity index (χ1n) is 12.4. The van der Waals surface area contributed by atoms with Gasteiger partial charge in [0.2, 0.25) is 5.91 Å². The van der Waals surface area contributed by atoms with Crippen LogP contribution in [0.5, 0.6) is 0 Å². The number of benzene rings is 3. The number of hydrogen-bond acceptors (Lipinski definition) is 3. The number of fused-ring (bicyclic) bond motifs is 2. The van der Waals surface area contributed by atoms with Gasteiger partial charge >= 0.3 is 6.09 Å². The summed E-state index contributed by atoms with van der Waals surface area (Å²) in [6, 6.07) is 25.6. The minimum Gasteiger partial charge on any atom is -0.446 e. The number of carbonyl (C=O) groups is 2. The van der Waals surface area contributed by atoms with E-state index in [4.69, 9.17) is 4.74 Å². The van der Waals surface area contributed by atoms with Crippen LogP contribution in [0, 0.1) is 0 Å². The third kappa shape index (κ3) is 4.98. The van der Waals surface area contributed by atoms with Crippen LogP contribution < -0.4 is 10.6 Å². The van der Waals surface area contributed by atoms with Crippen LogP contribution >= 0.6 is 0 Å². The maximum Gasteiger partial charge on any atom is 0.408 e. The molecule has 184 valence electrons. The van der Waals surface area contributed by atoms with Crippen molar-refractivity contribution in [3.05, 3.63) is 107 Å². The summed E-state index contributed by atoms with van der Waals surface area (Å²) in [5.74, 6) is -0.268. The van der Waals surface area contributed by atoms with Crippen molar-refractivity contribution in [2.24, 2.45) is 0 Å². The number of aromatic nitrogens is 1. The highest BCUT2D eigenvalue weighted by Crippen LogP contribution is 2.26. The minimum absolute atomic E-state index is 0.219. The van der Waals surface area contributed by atoms with Gasteiger partial charge in [-0.25, -0.2) is 4.79 Å². The molecule has 0 fully saturated rings. The van der Waals surface area contributed by atoms with Gasteiger partial charge in [0.25, 0.3) is 0 Å². The average Bonchev–Trinajstić information content (AvgIpc) is 3.47. The third-order valence-electron chi connectivity index (χ3n) is 7.03. The maximum atomic E-state index is 13.7. The Hall–Kier alpha value is -4.06. The number of ether oxygens (including phenoxy) is 1. The summed E-state index contributed by atoms with van der Waals surface area (Å²) in [5.41, 5.74) is 4.10. The standard InChI is InChI=1S/C30H31N3O3/c1-20(21-10-4-3-5-11-21)32-28(34)30(2,18-24-19-31-27-15-9-8-14-26(24)27)33-29(35)36-25-16-22-12-6-7-13-23(22)17-25/h3-15,19-20,25,31H,16-18H2,1-2H3,(H,32,34)(H,33,35)/t20-,30+/m0/s1. The zero-order valence-electron chi connectivity index (χ0n) is 20.6. The summed E-state index contributed by atoms with van der Waals surface area (Å²) in [4.78, 5) is 30.0. The van der Waals surface area contributed by atoms with E-state index in [1.807, 2.05) is 79.9 Å². The van der Waals surface area contributed by atoms with E-state index in [1.54, 1.807) is 6.92 Å². The number of nitrogens with one attached hydrogen (secondary N) is 3. The number of hydrogen-bond donors (Lipinski definition) is 3. The second-order valence-electron chi connectivity index (χ2n) is 9.80. The van der Waals surface area contributed by atoms with Gasteiger partial charge in [0.1, 0.15) is 11.6 Å². The molecule has 1 aromatic heterocycles. The van der Waals surface area contributed by atoms with E-state index in [0.29, 0.717) is 19.3 Å². The van der Waals surface area contributed by atoms with Crippen molar-refractivity contribution in [2.75, 3.05) is 0 Å². The molecule has 1 aliphatic carbocycles. The van der Waals surface area contributed by atoms with Crippen molar-refractivity contribution >= 4 is 22.9 Å². The molecule has 1 aliphatic rings. The lowest BCUT2D eigenvalue weighted by molar-refractivity contribution is -0.127. The second-order valence-corrected chi connectivity index (χ2v) is 9.80. The molecule has 36 heavy (non-hydrogen) atoms. The van der Waals surface area contributed by atoms with Gasteiger partial charge in [0, 0.05) is 36.4 Å². The van der Waals surface area contributed by atoms with Gasteiger partial charge in [0.15, 0.2) is 0 Å². The van der Waals surface area contributed by atoms with Crippen LogP contribution in [0.2, 0.25) is 0 Å². The fourth-order valence-electron chi connectivity index (χ4n) is 5.03. The molecule has 2 atom stereocenters. The molecule has 6 heteroatoms. The van der Waals surface area contributed by atoms with E-state index in [0.717, 1.165) is 22.0 Å². The summed E-state index contributed by atoms with van der Waals surface area (Å²) >= 11 is 0. The number of para-hydroxylation sites is 1. The fourth-order valence-corrected chi connectivity index (χ4v) is 5.03. The van der Waals surface area contributed by atoms with Crippen LogP contribution in [0.15, 0.2) is 85.1 Å². The molecular weight excluding hydrogens is 450 g/mol. The summed E-state index contributed by atoms with van der Waals surface area (Å²) in [7, 11) is 0. The predicted molar refractivity (Wildman–Crippen MR) is 141 cm³/mol. The highest BCUT2D eigenvalue weighted by Gasteiger charge is 2.38. The molecule has 0 spiro atoms. The summed E-state index contributed by atoms with van der Waals surface area (Å²) in [5, 5.41) is 7.03. The van der Waals surface area contributed by atoms with E-state index >= 15 is 0 Å². The van der Waals surface area contributed by atoms with E-state index in [1.165, 1.54) is 11.1 Å². The van der Waals surface area contributed by atoms with E-state index < -0.39 is 11.6 Å². The van der Waals surface area contributed by atoms with Gasteiger partial charge in [-0.05, 0) is 42.2 Å². The van der Waals surface area contributed by atoms with Crippen molar-refractivity contribution in [1.82, 2.24) is 15.6 Å². The monoisotopic (exact) mass is 481 g/mol. The Balaban J connectivity index is 1.35. The zero-order chi connectivity index (χ0) is 25.1. The zero-order valence-corrected chi connectivity index (χ0v) is 20.6. The Morgan fingerprint density at radius 2 is 1.61 bits per heavy atom. The highest BCUT2D eigenvalue weighted by atomic mass is 16.6. The molecule has 0 unspecified atom stereocenters. The average molecular weight is 482 g/mol. The molecule has 5 rings (SSSR count). The normalized spacial score (nSPS) is 15.6. The quantitative estimate of drug-likeness (QED) is 0.338. The number of H-pyrrole nitrogens is 1. The van der Waals surface area contributed by atoms with E-state index in [2.05, 4.69) is 27.8 Å².